The second-order valence-corrected chi connectivity index (χ2v) is 15.8. The number of nitrogens with zero attached hydrogens (tertiary/aromatic N) is 2. The maximum Gasteiger partial charge on any atom is 0.0536 e. The van der Waals surface area contributed by atoms with Crippen LogP contribution in [0.2, 0.25) is 0 Å². The summed E-state index contributed by atoms with van der Waals surface area (Å²) in [5.74, 6) is 0.426. The van der Waals surface area contributed by atoms with Gasteiger partial charge in [-0.25, -0.2) is 0 Å². The summed E-state index contributed by atoms with van der Waals surface area (Å²) in [4.78, 5) is 4.90. The van der Waals surface area contributed by atoms with E-state index in [1.807, 2.05) is 12.2 Å². The molecule has 2 aliphatic rings. The molecule has 0 radical (unpaired) electrons. The van der Waals surface area contributed by atoms with Gasteiger partial charge in [-0.3, -0.25) is 0 Å². The summed E-state index contributed by atoms with van der Waals surface area (Å²) < 4.78 is 0. The minimum atomic E-state index is -0.240. The third-order valence-corrected chi connectivity index (χ3v) is 11.7. The normalized spacial score (nSPS) is 15.1. The number of hydrogen-bond donors (Lipinski definition) is 0. The van der Waals surface area contributed by atoms with Crippen LogP contribution in [0.25, 0.3) is 35.1 Å². The maximum absolute atomic E-state index is 4.02. The van der Waals surface area contributed by atoms with E-state index in [9.17, 15) is 0 Å². The van der Waals surface area contributed by atoms with Crippen molar-refractivity contribution < 1.29 is 0 Å². The summed E-state index contributed by atoms with van der Waals surface area (Å²) in [6.45, 7) is 19.5. The number of benzene rings is 6. The van der Waals surface area contributed by atoms with Crippen LogP contribution in [-0.2, 0) is 18.3 Å². The van der Waals surface area contributed by atoms with Crippen LogP contribution in [0.3, 0.4) is 0 Å². The molecule has 0 N–H and O–H groups in total. The topological polar surface area (TPSA) is 6.48 Å². The van der Waals surface area contributed by atoms with Gasteiger partial charge in [0.25, 0.3) is 0 Å². The largest absolute Gasteiger partial charge is 0.310 e. The van der Waals surface area contributed by atoms with Crippen molar-refractivity contribution in [1.82, 2.24) is 0 Å². The lowest BCUT2D eigenvalue weighted by Crippen LogP contribution is -2.22. The molecule has 0 amide bonds. The molecule has 1 atom stereocenters. The zero-order chi connectivity index (χ0) is 39.0. The van der Waals surface area contributed by atoms with Gasteiger partial charge in [-0.1, -0.05) is 150 Å². The van der Waals surface area contributed by atoms with Gasteiger partial charge in [0.15, 0.2) is 0 Å². The third-order valence-electron chi connectivity index (χ3n) is 11.7. The first kappa shape index (κ1) is 36.8. The van der Waals surface area contributed by atoms with Crippen LogP contribution in [-0.4, -0.2) is 0 Å². The first-order valence-electron chi connectivity index (χ1n) is 20.1. The Morgan fingerprint density at radius 3 is 1.82 bits per heavy atom. The predicted molar refractivity (Wildman–Crippen MR) is 243 cm³/mol. The monoisotopic (exact) mass is 728 g/mol. The van der Waals surface area contributed by atoms with E-state index in [2.05, 4.69) is 203 Å². The smallest absolute Gasteiger partial charge is 0.0536 e. The predicted octanol–water partition coefficient (Wildman–Crippen LogP) is 15.1. The highest BCUT2D eigenvalue weighted by Gasteiger charge is 2.37. The molecule has 6 aromatic carbocycles. The van der Waals surface area contributed by atoms with Crippen molar-refractivity contribution in [2.75, 3.05) is 9.80 Å². The number of fused-ring (bicyclic) bond motifs is 4. The molecule has 2 heteroatoms. The van der Waals surface area contributed by atoms with Crippen molar-refractivity contribution in [1.29, 1.82) is 0 Å². The Morgan fingerprint density at radius 1 is 0.661 bits per heavy atom. The van der Waals surface area contributed by atoms with E-state index in [1.165, 1.54) is 61.6 Å². The molecular weight excluding hydrogens is 677 g/mol. The van der Waals surface area contributed by atoms with E-state index in [0.29, 0.717) is 5.92 Å². The number of anilines is 5. The molecular formula is C54H52N2. The lowest BCUT2D eigenvalue weighted by atomic mass is 9.82. The van der Waals surface area contributed by atoms with E-state index in [1.54, 1.807) is 0 Å². The number of hydrogen-bond acceptors (Lipinski definition) is 2. The number of rotatable bonds is 11. The van der Waals surface area contributed by atoms with Crippen LogP contribution in [0.1, 0.15) is 85.5 Å². The molecule has 6 aromatic rings. The van der Waals surface area contributed by atoms with E-state index in [-0.39, 0.29) is 5.41 Å². The molecule has 0 bridgehead atoms. The van der Waals surface area contributed by atoms with Crippen LogP contribution in [0, 0.1) is 5.92 Å². The zero-order valence-electron chi connectivity index (χ0n) is 33.5. The summed E-state index contributed by atoms with van der Waals surface area (Å²) in [6.07, 6.45) is 13.9. The van der Waals surface area contributed by atoms with Gasteiger partial charge < -0.3 is 9.80 Å². The fourth-order valence-electron chi connectivity index (χ4n) is 8.91. The number of allylic oxidation sites excluding steroid dienone is 2. The second kappa shape index (κ2) is 15.2. The Morgan fingerprint density at radius 2 is 1.23 bits per heavy atom. The van der Waals surface area contributed by atoms with Crippen LogP contribution in [0.5, 0.6) is 0 Å². The van der Waals surface area contributed by atoms with Gasteiger partial charge in [0, 0.05) is 45.0 Å². The molecule has 0 fully saturated rings. The fourth-order valence-corrected chi connectivity index (χ4v) is 8.91. The van der Waals surface area contributed by atoms with Crippen LogP contribution < -0.4 is 9.80 Å². The minimum absolute atomic E-state index is 0.240. The van der Waals surface area contributed by atoms with E-state index in [0.717, 1.165) is 47.5 Å². The molecule has 0 spiro atoms. The molecule has 2 nitrogen and oxygen atoms in total. The van der Waals surface area contributed by atoms with Gasteiger partial charge in [-0.15, -0.1) is 0 Å². The molecule has 0 aliphatic heterocycles. The summed E-state index contributed by atoms with van der Waals surface area (Å²) in [6, 6.07) is 47.4. The van der Waals surface area contributed by atoms with Crippen molar-refractivity contribution in [3.05, 3.63) is 197 Å². The molecule has 0 saturated carbocycles. The lowest BCUT2D eigenvalue weighted by molar-refractivity contribution is 0.660. The molecule has 8 rings (SSSR count). The third kappa shape index (κ3) is 6.54. The molecule has 1 unspecified atom stereocenters. The van der Waals surface area contributed by atoms with Crippen LogP contribution >= 0.6 is 0 Å². The van der Waals surface area contributed by atoms with Crippen LogP contribution in [0.15, 0.2) is 153 Å². The van der Waals surface area contributed by atoms with Crippen molar-refractivity contribution >= 4 is 52.4 Å². The van der Waals surface area contributed by atoms with E-state index < -0.39 is 0 Å². The molecule has 278 valence electrons. The van der Waals surface area contributed by atoms with Crippen molar-refractivity contribution in [2.45, 2.75) is 59.3 Å². The number of aryl methyl sites for hydroxylation is 1. The highest BCUT2D eigenvalue weighted by molar-refractivity contribution is 5.93. The summed E-state index contributed by atoms with van der Waals surface area (Å²) in [5.41, 5.74) is 19.6. The minimum Gasteiger partial charge on any atom is -0.310 e. The Labute approximate surface area is 334 Å². The first-order chi connectivity index (χ1) is 27.2. The average molecular weight is 729 g/mol. The summed E-state index contributed by atoms with van der Waals surface area (Å²) >= 11 is 0. The molecule has 56 heavy (non-hydrogen) atoms. The van der Waals surface area contributed by atoms with Gasteiger partial charge in [-0.2, -0.15) is 0 Å². The van der Waals surface area contributed by atoms with Crippen molar-refractivity contribution in [2.24, 2.45) is 5.92 Å². The fraction of sp³-hybridized carbons (Fsp3) is 0.185. The first-order valence-corrected chi connectivity index (χ1v) is 20.1. The molecule has 0 aromatic heterocycles. The van der Waals surface area contributed by atoms with Gasteiger partial charge in [-0.05, 0) is 125 Å². The van der Waals surface area contributed by atoms with Crippen molar-refractivity contribution in [3.8, 4) is 11.1 Å². The van der Waals surface area contributed by atoms with Gasteiger partial charge in [0.2, 0.25) is 0 Å². The Balaban J connectivity index is 1.27. The maximum atomic E-state index is 4.02. The van der Waals surface area contributed by atoms with Gasteiger partial charge in [0.1, 0.15) is 0 Å². The van der Waals surface area contributed by atoms with Crippen LogP contribution in [0.4, 0.5) is 28.4 Å². The SMILES string of the molecule is C=Cc1ccc(N(C2=CC(C)Cc3ccccc32)c2ccc3c(c2)C(C)(C)c2cc(N(c4ccc(C=C)cc4)c4cccc(CCC)c4C=CC)ccc2-3)cc1. The van der Waals surface area contributed by atoms with Crippen molar-refractivity contribution in [3.63, 3.8) is 0 Å². The standard InChI is InChI=1S/C54H52N2/c1-8-15-40-18-14-20-52(46(40)16-9-2)55(42-25-21-38(10-3)22-26-42)44-29-31-48-49-32-30-45(36-51(49)54(6,7)50(48)35-44)56(43-27-23-39(11-4)24-28-43)53-34-37(5)33-41-17-12-13-19-47(41)53/h9-14,16-32,34-37H,3-4,8,15,33H2,1-2,5-7H3. The summed E-state index contributed by atoms with van der Waals surface area (Å²) in [7, 11) is 0. The molecule has 0 saturated heterocycles. The quantitative estimate of drug-likeness (QED) is 0.131. The van der Waals surface area contributed by atoms with E-state index >= 15 is 0 Å². The Kier molecular flexibility index (Phi) is 9.99. The average Bonchev–Trinajstić information content (AvgIpc) is 3.44. The van der Waals surface area contributed by atoms with E-state index in [4.69, 9.17) is 0 Å². The molecule has 0 heterocycles. The van der Waals surface area contributed by atoms with Gasteiger partial charge in [0.05, 0.1) is 5.69 Å². The highest BCUT2D eigenvalue weighted by atomic mass is 15.2. The summed E-state index contributed by atoms with van der Waals surface area (Å²) in [5, 5.41) is 0. The second-order valence-electron chi connectivity index (χ2n) is 15.8. The zero-order valence-corrected chi connectivity index (χ0v) is 33.5. The molecule has 2 aliphatic carbocycles. The van der Waals surface area contributed by atoms with Gasteiger partial charge >= 0.3 is 0 Å². The highest BCUT2D eigenvalue weighted by Crippen LogP contribution is 2.53. The Hall–Kier alpha value is -6.12. The lowest BCUT2D eigenvalue weighted by Gasteiger charge is -2.34. The Bertz CT molecular complexity index is 2490.